The van der Waals surface area contributed by atoms with Crippen molar-refractivity contribution in [1.82, 2.24) is 10.2 Å². The van der Waals surface area contributed by atoms with E-state index in [4.69, 9.17) is 5.73 Å². The third kappa shape index (κ3) is 2.77. The Morgan fingerprint density at radius 2 is 2.12 bits per heavy atom. The zero-order valence-corrected chi connectivity index (χ0v) is 13.9. The Hall–Kier alpha value is -2.03. The van der Waals surface area contributed by atoms with Crippen molar-refractivity contribution in [1.29, 1.82) is 0 Å². The Bertz CT molecular complexity index is 704. The summed E-state index contributed by atoms with van der Waals surface area (Å²) >= 11 is 1.55. The molecule has 0 bridgehead atoms. The number of carbonyl (C=O) groups excluding carboxylic acids is 2. The van der Waals surface area contributed by atoms with Gasteiger partial charge in [-0.1, -0.05) is 12.1 Å². The normalized spacial score (nSPS) is 24.3. The molecule has 24 heavy (non-hydrogen) atoms. The maximum Gasteiger partial charge on any atom is 0.253 e. The van der Waals surface area contributed by atoms with E-state index in [1.165, 1.54) is 12.1 Å². The zero-order valence-electron chi connectivity index (χ0n) is 13.1. The van der Waals surface area contributed by atoms with E-state index in [2.05, 4.69) is 5.32 Å². The van der Waals surface area contributed by atoms with Crippen LogP contribution in [0.4, 0.5) is 0 Å². The number of rotatable bonds is 4. The van der Waals surface area contributed by atoms with E-state index >= 15 is 0 Å². The van der Waals surface area contributed by atoms with Gasteiger partial charge in [-0.3, -0.25) is 14.5 Å². The molecule has 2 amide bonds. The number of thioether (sulfide) groups is 1. The number of aliphatic hydroxyl groups excluding tert-OH is 1. The minimum Gasteiger partial charge on any atom is -0.508 e. The lowest BCUT2D eigenvalue weighted by Crippen LogP contribution is -2.70. The molecule has 0 aromatic heterocycles. The Morgan fingerprint density at radius 1 is 1.46 bits per heavy atom. The molecule has 3 rings (SSSR count). The van der Waals surface area contributed by atoms with Gasteiger partial charge in [0.05, 0.1) is 6.61 Å². The average Bonchev–Trinajstić information content (AvgIpc) is 2.59. The second-order valence-electron chi connectivity index (χ2n) is 5.85. The fourth-order valence-corrected chi connectivity index (χ4v) is 4.19. The van der Waals surface area contributed by atoms with Gasteiger partial charge in [0.15, 0.2) is 0 Å². The molecule has 2 heterocycles. The minimum atomic E-state index is -0.921. The predicted octanol–water partition coefficient (Wildman–Crippen LogP) is 0.0582. The SMILES string of the molecule is CC1=C(CO)N2C(=O)C(NC(=O)[C@H](N)c3ccc(O)cc3)C2SC1. The summed E-state index contributed by atoms with van der Waals surface area (Å²) in [7, 11) is 0. The molecule has 2 aliphatic rings. The third-order valence-electron chi connectivity index (χ3n) is 4.28. The lowest BCUT2D eigenvalue weighted by Gasteiger charge is -2.50. The number of nitrogens with one attached hydrogen (secondary N) is 1. The van der Waals surface area contributed by atoms with Gasteiger partial charge in [0.1, 0.15) is 23.2 Å². The molecular formula is C16H19N3O4S. The zero-order chi connectivity index (χ0) is 17.4. The van der Waals surface area contributed by atoms with Gasteiger partial charge in [-0.2, -0.15) is 0 Å². The first-order valence-electron chi connectivity index (χ1n) is 7.53. The molecule has 1 saturated heterocycles. The van der Waals surface area contributed by atoms with Crippen LogP contribution in [-0.4, -0.2) is 50.7 Å². The molecule has 0 saturated carbocycles. The van der Waals surface area contributed by atoms with E-state index in [9.17, 15) is 19.8 Å². The fraction of sp³-hybridized carbons (Fsp3) is 0.375. The Kier molecular flexibility index (Phi) is 4.53. The van der Waals surface area contributed by atoms with Crippen LogP contribution in [-0.2, 0) is 9.59 Å². The second-order valence-corrected chi connectivity index (χ2v) is 6.96. The monoisotopic (exact) mass is 349 g/mol. The van der Waals surface area contributed by atoms with Crippen molar-refractivity contribution in [3.8, 4) is 5.75 Å². The maximum atomic E-state index is 12.3. The highest BCUT2D eigenvalue weighted by atomic mass is 32.2. The number of β-lactam (4-membered cyclic amide) rings is 1. The largest absolute Gasteiger partial charge is 0.508 e. The van der Waals surface area contributed by atoms with Gasteiger partial charge in [-0.15, -0.1) is 11.8 Å². The van der Waals surface area contributed by atoms with E-state index in [1.54, 1.807) is 28.8 Å². The predicted molar refractivity (Wildman–Crippen MR) is 89.8 cm³/mol. The summed E-state index contributed by atoms with van der Waals surface area (Å²) in [6.07, 6.45) is 0. The van der Waals surface area contributed by atoms with Gasteiger partial charge in [-0.25, -0.2) is 0 Å². The van der Waals surface area contributed by atoms with Crippen molar-refractivity contribution in [2.75, 3.05) is 12.4 Å². The fourth-order valence-electron chi connectivity index (χ4n) is 2.84. The first-order valence-corrected chi connectivity index (χ1v) is 8.58. The quantitative estimate of drug-likeness (QED) is 0.571. The van der Waals surface area contributed by atoms with Crippen LogP contribution >= 0.6 is 11.8 Å². The van der Waals surface area contributed by atoms with Crippen LogP contribution in [0.1, 0.15) is 18.5 Å². The number of phenols is 1. The van der Waals surface area contributed by atoms with Gasteiger partial charge in [-0.05, 0) is 30.2 Å². The number of hydrogen-bond acceptors (Lipinski definition) is 6. The van der Waals surface area contributed by atoms with Crippen LogP contribution in [0.3, 0.4) is 0 Å². The number of nitrogens with zero attached hydrogens (tertiary/aromatic N) is 1. The van der Waals surface area contributed by atoms with E-state index in [0.29, 0.717) is 17.0 Å². The highest BCUT2D eigenvalue weighted by Crippen LogP contribution is 2.39. The molecule has 2 unspecified atom stereocenters. The van der Waals surface area contributed by atoms with Gasteiger partial charge in [0.2, 0.25) is 5.91 Å². The van der Waals surface area contributed by atoms with Gasteiger partial charge < -0.3 is 21.3 Å². The lowest BCUT2D eigenvalue weighted by molar-refractivity contribution is -0.146. The van der Waals surface area contributed by atoms with Crippen LogP contribution in [0.25, 0.3) is 0 Å². The molecule has 0 radical (unpaired) electrons. The van der Waals surface area contributed by atoms with Crippen LogP contribution in [0, 0.1) is 0 Å². The molecular weight excluding hydrogens is 330 g/mol. The van der Waals surface area contributed by atoms with E-state index < -0.39 is 18.0 Å². The topological polar surface area (TPSA) is 116 Å². The molecule has 1 aromatic rings. The average molecular weight is 349 g/mol. The molecule has 1 aromatic carbocycles. The third-order valence-corrected chi connectivity index (χ3v) is 5.70. The van der Waals surface area contributed by atoms with Crippen molar-refractivity contribution in [2.24, 2.45) is 5.73 Å². The number of hydrogen-bond donors (Lipinski definition) is 4. The standard InChI is InChI=1S/C16H19N3O4S/c1-8-7-24-16-13(15(23)19(16)11(8)6-20)18-14(22)12(17)9-2-4-10(21)5-3-9/h2-5,12-13,16,20-21H,6-7,17H2,1H3,(H,18,22)/t12-,13?,16?/m1/s1. The van der Waals surface area contributed by atoms with Crippen molar-refractivity contribution in [3.05, 3.63) is 41.1 Å². The van der Waals surface area contributed by atoms with Crippen LogP contribution in [0.5, 0.6) is 5.75 Å². The lowest BCUT2D eigenvalue weighted by atomic mass is 10.0. The van der Waals surface area contributed by atoms with E-state index in [-0.39, 0.29) is 23.6 Å². The molecule has 5 N–H and O–H groups in total. The Balaban J connectivity index is 1.68. The van der Waals surface area contributed by atoms with Gasteiger partial charge >= 0.3 is 0 Å². The summed E-state index contributed by atoms with van der Waals surface area (Å²) in [6, 6.07) is 4.49. The van der Waals surface area contributed by atoms with Crippen LogP contribution in [0.15, 0.2) is 35.5 Å². The molecule has 7 nitrogen and oxygen atoms in total. The Morgan fingerprint density at radius 3 is 2.75 bits per heavy atom. The number of carbonyl (C=O) groups is 2. The van der Waals surface area contributed by atoms with Crippen LogP contribution in [0.2, 0.25) is 0 Å². The Labute approximate surface area is 143 Å². The van der Waals surface area contributed by atoms with Gasteiger partial charge in [0, 0.05) is 11.4 Å². The molecule has 2 aliphatic heterocycles. The maximum absolute atomic E-state index is 12.3. The number of fused-ring (bicyclic) bond motifs is 1. The van der Waals surface area contributed by atoms with E-state index in [0.717, 1.165) is 5.57 Å². The molecule has 3 atom stereocenters. The number of nitrogens with two attached hydrogens (primary N) is 1. The molecule has 8 heteroatoms. The summed E-state index contributed by atoms with van der Waals surface area (Å²) in [5, 5.41) is 21.2. The minimum absolute atomic E-state index is 0.0912. The second kappa shape index (κ2) is 6.46. The molecule has 0 aliphatic carbocycles. The molecule has 1 fully saturated rings. The summed E-state index contributed by atoms with van der Waals surface area (Å²) < 4.78 is 0. The van der Waals surface area contributed by atoms with Crippen LogP contribution < -0.4 is 11.1 Å². The molecule has 128 valence electrons. The number of aliphatic hydroxyl groups is 1. The first-order chi connectivity index (χ1) is 11.4. The number of amides is 2. The summed E-state index contributed by atoms with van der Waals surface area (Å²) in [6.45, 7) is 1.69. The van der Waals surface area contributed by atoms with Gasteiger partial charge in [0.25, 0.3) is 5.91 Å². The molecule has 0 spiro atoms. The summed E-state index contributed by atoms with van der Waals surface area (Å²) in [5.74, 6) is 0.118. The summed E-state index contributed by atoms with van der Waals surface area (Å²) in [4.78, 5) is 26.2. The number of benzene rings is 1. The number of phenolic OH excluding ortho intramolecular Hbond substituents is 1. The first kappa shape index (κ1) is 16.8. The smallest absolute Gasteiger partial charge is 0.253 e. The highest BCUT2D eigenvalue weighted by molar-refractivity contribution is 8.00. The van der Waals surface area contributed by atoms with Crippen molar-refractivity contribution in [2.45, 2.75) is 24.4 Å². The van der Waals surface area contributed by atoms with Crippen molar-refractivity contribution >= 4 is 23.6 Å². The number of aromatic hydroxyl groups is 1. The highest BCUT2D eigenvalue weighted by Gasteiger charge is 2.52. The van der Waals surface area contributed by atoms with Crippen molar-refractivity contribution in [3.63, 3.8) is 0 Å². The van der Waals surface area contributed by atoms with E-state index in [1.807, 2.05) is 6.92 Å². The summed E-state index contributed by atoms with van der Waals surface area (Å²) in [5.41, 5.74) is 8.08. The van der Waals surface area contributed by atoms with Crippen molar-refractivity contribution < 1.29 is 19.8 Å².